The molecule has 1 heterocycles. The number of hydrogen-bond acceptors (Lipinski definition) is 6. The quantitative estimate of drug-likeness (QED) is 0.351. The standard InChI is InChI=1S/C23H19F5N2O5/c1-13(31)17-11-16(19(32)10-14-6-8-15(9-7-14)35-22(24)25)21(33)30(29-17)18-4-2-3-5-20(18)34-12-23(26,27)28/h2-9,11,13,22,31H,10,12H2,1H3. The van der Waals surface area contributed by atoms with Crippen molar-refractivity contribution in [2.24, 2.45) is 0 Å². The first-order valence-electron chi connectivity index (χ1n) is 10.1. The summed E-state index contributed by atoms with van der Waals surface area (Å²) in [6.07, 6.45) is -6.16. The van der Waals surface area contributed by atoms with Crippen molar-refractivity contribution in [1.82, 2.24) is 9.78 Å². The van der Waals surface area contributed by atoms with Gasteiger partial charge in [-0.3, -0.25) is 9.59 Å². The maximum absolute atomic E-state index is 13.1. The summed E-state index contributed by atoms with van der Waals surface area (Å²) >= 11 is 0. The zero-order chi connectivity index (χ0) is 25.8. The number of carbonyl (C=O) groups excluding carboxylic acids is 1. The molecule has 1 N–H and O–H groups in total. The van der Waals surface area contributed by atoms with Crippen molar-refractivity contribution in [3.05, 3.63) is 81.8 Å². The van der Waals surface area contributed by atoms with E-state index >= 15 is 0 Å². The number of para-hydroxylation sites is 2. The number of alkyl halides is 5. The summed E-state index contributed by atoms with van der Waals surface area (Å²) in [5, 5.41) is 14.0. The Kier molecular flexibility index (Phi) is 7.85. The summed E-state index contributed by atoms with van der Waals surface area (Å²) in [5.41, 5.74) is -1.19. The van der Waals surface area contributed by atoms with Crippen molar-refractivity contribution in [2.75, 3.05) is 6.61 Å². The smallest absolute Gasteiger partial charge is 0.422 e. The van der Waals surface area contributed by atoms with Gasteiger partial charge in [0.1, 0.15) is 17.2 Å². The van der Waals surface area contributed by atoms with Crippen LogP contribution in [-0.4, -0.2) is 40.1 Å². The maximum atomic E-state index is 13.1. The molecule has 0 spiro atoms. The second-order valence-electron chi connectivity index (χ2n) is 7.37. The number of benzene rings is 2. The van der Waals surface area contributed by atoms with E-state index in [2.05, 4.69) is 9.84 Å². The molecule has 12 heteroatoms. The van der Waals surface area contributed by atoms with E-state index in [1.807, 2.05) is 0 Å². The Morgan fingerprint density at radius 3 is 2.37 bits per heavy atom. The van der Waals surface area contributed by atoms with Crippen LogP contribution in [0.5, 0.6) is 11.5 Å². The number of hydrogen-bond donors (Lipinski definition) is 1. The molecule has 0 radical (unpaired) electrons. The lowest BCUT2D eigenvalue weighted by Gasteiger charge is -2.16. The third kappa shape index (κ3) is 6.85. The van der Waals surface area contributed by atoms with Crippen molar-refractivity contribution in [3.8, 4) is 17.2 Å². The number of aliphatic hydroxyl groups excluding tert-OH is 1. The first-order valence-corrected chi connectivity index (χ1v) is 10.1. The van der Waals surface area contributed by atoms with Crippen molar-refractivity contribution >= 4 is 5.78 Å². The van der Waals surface area contributed by atoms with Gasteiger partial charge in [0, 0.05) is 6.42 Å². The van der Waals surface area contributed by atoms with Gasteiger partial charge in [-0.15, -0.1) is 0 Å². The second-order valence-corrected chi connectivity index (χ2v) is 7.37. The number of ether oxygens (including phenoxy) is 2. The van der Waals surface area contributed by atoms with Gasteiger partial charge in [0.25, 0.3) is 5.56 Å². The maximum Gasteiger partial charge on any atom is 0.422 e. The molecular formula is C23H19F5N2O5. The number of rotatable bonds is 9. The lowest BCUT2D eigenvalue weighted by atomic mass is 10.0. The van der Waals surface area contributed by atoms with Crippen molar-refractivity contribution < 1.29 is 41.3 Å². The molecule has 0 aliphatic heterocycles. The lowest BCUT2D eigenvalue weighted by Crippen LogP contribution is -2.30. The Hall–Kier alpha value is -3.80. The van der Waals surface area contributed by atoms with Gasteiger partial charge in [0.2, 0.25) is 0 Å². The van der Waals surface area contributed by atoms with Gasteiger partial charge >= 0.3 is 12.8 Å². The largest absolute Gasteiger partial charge is 0.482 e. The predicted octanol–water partition coefficient (Wildman–Crippen LogP) is 4.25. The van der Waals surface area contributed by atoms with Gasteiger partial charge < -0.3 is 14.6 Å². The van der Waals surface area contributed by atoms with E-state index in [0.717, 1.165) is 6.07 Å². The van der Waals surface area contributed by atoms with E-state index in [4.69, 9.17) is 4.74 Å². The number of aromatic nitrogens is 2. The Bertz CT molecular complexity index is 1240. The Labute approximate surface area is 195 Å². The van der Waals surface area contributed by atoms with Crippen LogP contribution in [0.15, 0.2) is 59.4 Å². The zero-order valence-corrected chi connectivity index (χ0v) is 18.1. The number of halogens is 5. The summed E-state index contributed by atoms with van der Waals surface area (Å²) in [6.45, 7) is -3.30. The number of nitrogens with zero attached hydrogens (tertiary/aromatic N) is 2. The van der Waals surface area contributed by atoms with Crippen molar-refractivity contribution in [1.29, 1.82) is 0 Å². The predicted molar refractivity (Wildman–Crippen MR) is 113 cm³/mol. The highest BCUT2D eigenvalue weighted by Gasteiger charge is 2.29. The molecule has 3 aromatic rings. The van der Waals surface area contributed by atoms with Crippen molar-refractivity contribution in [3.63, 3.8) is 0 Å². The van der Waals surface area contributed by atoms with Gasteiger partial charge in [0.05, 0.1) is 17.4 Å². The molecule has 0 aliphatic carbocycles. The normalized spacial score (nSPS) is 12.5. The molecule has 0 aliphatic rings. The Morgan fingerprint density at radius 2 is 1.77 bits per heavy atom. The molecule has 2 aromatic carbocycles. The summed E-state index contributed by atoms with van der Waals surface area (Å²) in [4.78, 5) is 26.1. The summed E-state index contributed by atoms with van der Waals surface area (Å²) < 4.78 is 72.3. The third-order valence-electron chi connectivity index (χ3n) is 4.66. The molecule has 3 rings (SSSR count). The fraction of sp³-hybridized carbons (Fsp3) is 0.261. The first kappa shape index (κ1) is 25.8. The average molecular weight is 498 g/mol. The topological polar surface area (TPSA) is 90.7 Å². The van der Waals surface area contributed by atoms with E-state index in [1.165, 1.54) is 55.5 Å². The molecule has 1 aromatic heterocycles. The van der Waals surface area contributed by atoms with Gasteiger partial charge in [-0.25, -0.2) is 0 Å². The molecule has 0 saturated heterocycles. The van der Waals surface area contributed by atoms with Gasteiger partial charge in [-0.1, -0.05) is 24.3 Å². The van der Waals surface area contributed by atoms with E-state index < -0.39 is 36.8 Å². The molecule has 1 atom stereocenters. The number of carbonyl (C=O) groups is 1. The molecule has 1 unspecified atom stereocenters. The zero-order valence-electron chi connectivity index (χ0n) is 18.1. The van der Waals surface area contributed by atoms with Crippen LogP contribution in [0, 0.1) is 0 Å². The molecule has 0 fully saturated rings. The minimum atomic E-state index is -4.63. The first-order chi connectivity index (χ1) is 16.4. The SMILES string of the molecule is CC(O)c1cc(C(=O)Cc2ccc(OC(F)F)cc2)c(=O)n(-c2ccccc2OCC(F)(F)F)n1. The number of aliphatic hydroxyl groups is 1. The molecule has 0 amide bonds. The summed E-state index contributed by atoms with van der Waals surface area (Å²) in [6, 6.07) is 11.6. The highest BCUT2D eigenvalue weighted by molar-refractivity contribution is 5.97. The van der Waals surface area contributed by atoms with Crippen LogP contribution in [0.2, 0.25) is 0 Å². The Morgan fingerprint density at radius 1 is 1.11 bits per heavy atom. The van der Waals surface area contributed by atoms with Gasteiger partial charge in [0.15, 0.2) is 12.4 Å². The Balaban J connectivity index is 1.99. The van der Waals surface area contributed by atoms with Crippen LogP contribution >= 0.6 is 0 Å². The highest BCUT2D eigenvalue weighted by Crippen LogP contribution is 2.25. The molecule has 186 valence electrons. The van der Waals surface area contributed by atoms with E-state index in [-0.39, 0.29) is 34.9 Å². The van der Waals surface area contributed by atoms with Crippen LogP contribution in [0.4, 0.5) is 22.0 Å². The fourth-order valence-corrected chi connectivity index (χ4v) is 3.06. The summed E-state index contributed by atoms with van der Waals surface area (Å²) in [5.74, 6) is -1.12. The van der Waals surface area contributed by atoms with Crippen LogP contribution in [0.3, 0.4) is 0 Å². The molecule has 35 heavy (non-hydrogen) atoms. The molecular weight excluding hydrogens is 479 g/mol. The monoisotopic (exact) mass is 498 g/mol. The van der Waals surface area contributed by atoms with E-state index in [1.54, 1.807) is 0 Å². The van der Waals surface area contributed by atoms with Crippen molar-refractivity contribution in [2.45, 2.75) is 32.2 Å². The number of ketones is 1. The van der Waals surface area contributed by atoms with Gasteiger partial charge in [-0.05, 0) is 42.8 Å². The third-order valence-corrected chi connectivity index (χ3v) is 4.66. The van der Waals surface area contributed by atoms with Crippen LogP contribution in [0.25, 0.3) is 5.69 Å². The van der Waals surface area contributed by atoms with Crippen LogP contribution < -0.4 is 15.0 Å². The second kappa shape index (κ2) is 10.6. The lowest BCUT2D eigenvalue weighted by molar-refractivity contribution is -0.153. The minimum absolute atomic E-state index is 0.0840. The molecule has 0 saturated carbocycles. The van der Waals surface area contributed by atoms with E-state index in [0.29, 0.717) is 10.2 Å². The van der Waals surface area contributed by atoms with Gasteiger partial charge in [-0.2, -0.15) is 31.7 Å². The van der Waals surface area contributed by atoms with Crippen LogP contribution in [-0.2, 0) is 6.42 Å². The highest BCUT2D eigenvalue weighted by atomic mass is 19.4. The average Bonchev–Trinajstić information content (AvgIpc) is 2.78. The number of Topliss-reactive ketones (excluding diaryl/α,β-unsaturated/α-hetero) is 1. The molecule has 0 bridgehead atoms. The molecule has 7 nitrogen and oxygen atoms in total. The summed E-state index contributed by atoms with van der Waals surface area (Å²) in [7, 11) is 0. The fourth-order valence-electron chi connectivity index (χ4n) is 3.06. The van der Waals surface area contributed by atoms with Crippen LogP contribution in [0.1, 0.15) is 34.6 Å². The minimum Gasteiger partial charge on any atom is -0.482 e. The van der Waals surface area contributed by atoms with E-state index in [9.17, 15) is 36.6 Å².